The van der Waals surface area contributed by atoms with Crippen molar-refractivity contribution in [3.8, 4) is 0 Å². The van der Waals surface area contributed by atoms with E-state index in [1.54, 1.807) is 32.9 Å². The maximum atomic E-state index is 12.7. The molecule has 48 heavy (non-hydrogen) atoms. The van der Waals surface area contributed by atoms with Crippen molar-refractivity contribution in [3.05, 3.63) is 105 Å². The Morgan fingerprint density at radius 3 is 1.92 bits per heavy atom. The minimum atomic E-state index is -1.19. The molecular formula is C37H43IN2O8. The highest BCUT2D eigenvalue weighted by atomic mass is 127. The molecule has 1 aliphatic rings. The molecule has 11 heteroatoms. The molecule has 256 valence electrons. The van der Waals surface area contributed by atoms with Gasteiger partial charge in [0, 0.05) is 15.6 Å². The molecule has 1 fully saturated rings. The van der Waals surface area contributed by atoms with Gasteiger partial charge in [-0.05, 0) is 78.9 Å². The third kappa shape index (κ3) is 9.93. The highest BCUT2D eigenvalue weighted by Gasteiger charge is 2.31. The standard InChI is InChI=1S/C24H31NO6.C13H12INO2/c1-15-7-5-9-18(11-15)21(26)22-25-20(16(2)31-22)14-29-19-10-6-8-17(12-19)13-30-24(3,4)23(27)28;1-8-4-3-5-10(6-8)12(16)13-15-11(7-14)9(2)17-13/h5,7,9,11,17,19H,6,8,10,12-14H2,1-4H3,(H,27,28);3-6H,7H2,1-2H3/t17-,19+;/m1./s1. The van der Waals surface area contributed by atoms with Gasteiger partial charge in [-0.15, -0.1) is 0 Å². The van der Waals surface area contributed by atoms with Crippen LogP contribution in [-0.4, -0.2) is 50.9 Å². The number of carboxylic acids is 1. The number of alkyl halides is 1. The Bertz CT molecular complexity index is 1740. The summed E-state index contributed by atoms with van der Waals surface area (Å²) in [6.07, 6.45) is 3.78. The van der Waals surface area contributed by atoms with Crippen molar-refractivity contribution in [1.82, 2.24) is 9.97 Å². The maximum Gasteiger partial charge on any atom is 0.335 e. The van der Waals surface area contributed by atoms with Crippen LogP contribution in [0.2, 0.25) is 0 Å². The lowest BCUT2D eigenvalue weighted by Gasteiger charge is -2.31. The van der Waals surface area contributed by atoms with Gasteiger partial charge in [0.05, 0.1) is 25.0 Å². The van der Waals surface area contributed by atoms with E-state index in [0.717, 1.165) is 52.7 Å². The number of oxazole rings is 2. The Hall–Kier alpha value is -3.68. The van der Waals surface area contributed by atoms with Crippen molar-refractivity contribution in [2.24, 2.45) is 5.92 Å². The van der Waals surface area contributed by atoms with E-state index < -0.39 is 11.6 Å². The molecule has 2 heterocycles. The van der Waals surface area contributed by atoms with Gasteiger partial charge in [0.2, 0.25) is 11.6 Å². The van der Waals surface area contributed by atoms with E-state index in [2.05, 4.69) is 32.6 Å². The fraction of sp³-hybridized carbons (Fsp3) is 0.432. The zero-order valence-electron chi connectivity index (χ0n) is 28.3. The minimum Gasteiger partial charge on any atom is -0.479 e. The molecule has 2 atom stereocenters. The summed E-state index contributed by atoms with van der Waals surface area (Å²) in [6, 6.07) is 14.8. The summed E-state index contributed by atoms with van der Waals surface area (Å²) in [7, 11) is 0. The van der Waals surface area contributed by atoms with Crippen molar-refractivity contribution in [2.75, 3.05) is 6.61 Å². The third-order valence-electron chi connectivity index (χ3n) is 8.25. The lowest BCUT2D eigenvalue weighted by Crippen LogP contribution is -2.37. The molecule has 0 spiro atoms. The second-order valence-electron chi connectivity index (χ2n) is 12.7. The number of aromatic nitrogens is 2. The van der Waals surface area contributed by atoms with Gasteiger partial charge in [0.15, 0.2) is 5.60 Å². The first-order chi connectivity index (χ1) is 22.8. The van der Waals surface area contributed by atoms with Gasteiger partial charge in [0.1, 0.15) is 17.2 Å². The summed E-state index contributed by atoms with van der Waals surface area (Å²) in [4.78, 5) is 44.6. The predicted molar refractivity (Wildman–Crippen MR) is 188 cm³/mol. The molecule has 0 unspecified atom stereocenters. The highest BCUT2D eigenvalue weighted by Crippen LogP contribution is 2.29. The fourth-order valence-corrected chi connectivity index (χ4v) is 5.96. The Morgan fingerprint density at radius 2 is 1.42 bits per heavy atom. The Kier molecular flexibility index (Phi) is 12.9. The van der Waals surface area contributed by atoms with E-state index in [1.165, 1.54) is 0 Å². The highest BCUT2D eigenvalue weighted by molar-refractivity contribution is 14.1. The van der Waals surface area contributed by atoms with Crippen LogP contribution in [0.15, 0.2) is 57.4 Å². The van der Waals surface area contributed by atoms with Crippen LogP contribution in [0.3, 0.4) is 0 Å². The maximum absolute atomic E-state index is 12.7. The first-order valence-corrected chi connectivity index (χ1v) is 17.5. The quantitative estimate of drug-likeness (QED) is 0.0858. The lowest BCUT2D eigenvalue weighted by molar-refractivity contribution is -0.163. The molecule has 5 rings (SSSR count). The Labute approximate surface area is 294 Å². The van der Waals surface area contributed by atoms with Crippen molar-refractivity contribution in [3.63, 3.8) is 0 Å². The third-order valence-corrected chi connectivity index (χ3v) is 8.97. The molecule has 4 aromatic rings. The van der Waals surface area contributed by atoms with Gasteiger partial charge < -0.3 is 23.4 Å². The van der Waals surface area contributed by atoms with Crippen LogP contribution in [-0.2, 0) is 25.3 Å². The van der Waals surface area contributed by atoms with E-state index in [0.29, 0.717) is 29.2 Å². The largest absolute Gasteiger partial charge is 0.479 e. The number of aryl methyl sites for hydroxylation is 4. The molecule has 1 saturated carbocycles. The van der Waals surface area contributed by atoms with Crippen molar-refractivity contribution in [2.45, 2.75) is 90.0 Å². The van der Waals surface area contributed by atoms with Crippen LogP contribution in [0.4, 0.5) is 0 Å². The van der Waals surface area contributed by atoms with Crippen LogP contribution in [0.1, 0.15) is 106 Å². The number of carbonyl (C=O) groups excluding carboxylic acids is 2. The van der Waals surface area contributed by atoms with Crippen molar-refractivity contribution < 1.29 is 37.8 Å². The van der Waals surface area contributed by atoms with Crippen LogP contribution in [0, 0.1) is 33.6 Å². The molecule has 0 bridgehead atoms. The molecule has 0 radical (unpaired) electrons. The molecule has 2 aromatic carbocycles. The SMILES string of the molecule is Cc1cccc(C(=O)c2nc(CI)c(C)o2)c1.Cc1cccc(C(=O)c2nc(CO[C@H]3CCC[C@@H](COC(C)(C)C(=O)O)C3)c(C)o2)c1. The van der Waals surface area contributed by atoms with Crippen LogP contribution >= 0.6 is 22.6 Å². The summed E-state index contributed by atoms with van der Waals surface area (Å²) in [5.41, 5.74) is 3.49. The molecule has 0 aliphatic heterocycles. The van der Waals surface area contributed by atoms with E-state index in [1.807, 2.05) is 57.2 Å². The number of hydrogen-bond donors (Lipinski definition) is 1. The van der Waals surface area contributed by atoms with E-state index >= 15 is 0 Å². The minimum absolute atomic E-state index is 0.0438. The number of ketones is 2. The summed E-state index contributed by atoms with van der Waals surface area (Å²) < 4.78 is 23.4. The van der Waals surface area contributed by atoms with Crippen LogP contribution in [0.25, 0.3) is 0 Å². The number of hydrogen-bond acceptors (Lipinski definition) is 9. The van der Waals surface area contributed by atoms with E-state index in [4.69, 9.17) is 18.3 Å². The Balaban J connectivity index is 0.000000257. The number of rotatable bonds is 12. The van der Waals surface area contributed by atoms with Crippen molar-refractivity contribution in [1.29, 1.82) is 0 Å². The van der Waals surface area contributed by atoms with Gasteiger partial charge in [-0.25, -0.2) is 14.8 Å². The van der Waals surface area contributed by atoms with E-state index in [9.17, 15) is 19.5 Å². The van der Waals surface area contributed by atoms with Gasteiger partial charge in [0.25, 0.3) is 11.8 Å². The number of aliphatic carboxylic acids is 1. The molecule has 2 aromatic heterocycles. The Morgan fingerprint density at radius 1 is 0.875 bits per heavy atom. The van der Waals surface area contributed by atoms with E-state index in [-0.39, 0.29) is 42.0 Å². The summed E-state index contributed by atoms with van der Waals surface area (Å²) in [5, 5.41) is 9.20. The first-order valence-electron chi connectivity index (χ1n) is 16.0. The fourth-order valence-electron chi connectivity index (χ4n) is 5.26. The van der Waals surface area contributed by atoms with Crippen molar-refractivity contribution >= 4 is 40.1 Å². The van der Waals surface area contributed by atoms with Gasteiger partial charge >= 0.3 is 5.97 Å². The number of halogens is 1. The molecule has 1 aliphatic carbocycles. The average molecular weight is 771 g/mol. The number of ether oxygens (including phenoxy) is 2. The summed E-state index contributed by atoms with van der Waals surface area (Å²) in [6.45, 7) is 11.3. The number of carbonyl (C=O) groups is 3. The number of benzene rings is 2. The molecule has 10 nitrogen and oxygen atoms in total. The lowest BCUT2D eigenvalue weighted by atomic mass is 9.87. The normalized spacial score (nSPS) is 16.2. The van der Waals surface area contributed by atoms with Crippen LogP contribution in [0.5, 0.6) is 0 Å². The van der Waals surface area contributed by atoms with Gasteiger partial charge in [-0.1, -0.05) is 76.5 Å². The zero-order chi connectivity index (χ0) is 35.0. The molecule has 0 amide bonds. The molecule has 0 saturated heterocycles. The predicted octanol–water partition coefficient (Wildman–Crippen LogP) is 7.94. The topological polar surface area (TPSA) is 142 Å². The first kappa shape index (κ1) is 37.1. The zero-order valence-corrected chi connectivity index (χ0v) is 30.5. The molecular weight excluding hydrogens is 727 g/mol. The average Bonchev–Trinajstić information content (AvgIpc) is 3.63. The number of nitrogens with zero attached hydrogens (tertiary/aromatic N) is 2. The van der Waals surface area contributed by atoms with Crippen LogP contribution < -0.4 is 0 Å². The monoisotopic (exact) mass is 770 g/mol. The molecule has 1 N–H and O–H groups in total. The second-order valence-corrected chi connectivity index (χ2v) is 13.4. The summed E-state index contributed by atoms with van der Waals surface area (Å²) >= 11 is 2.20. The van der Waals surface area contributed by atoms with Gasteiger partial charge in [-0.3, -0.25) is 9.59 Å². The smallest absolute Gasteiger partial charge is 0.335 e. The summed E-state index contributed by atoms with van der Waals surface area (Å²) in [5.74, 6) is 0.447. The van der Waals surface area contributed by atoms with Gasteiger partial charge in [-0.2, -0.15) is 0 Å². The number of carboxylic acid groups (broad SMARTS) is 1. The second kappa shape index (κ2) is 16.6.